The zero-order valence-corrected chi connectivity index (χ0v) is 10.9. The molecule has 4 nitrogen and oxygen atoms in total. The normalized spacial score (nSPS) is 28.4. The van der Waals surface area contributed by atoms with Crippen LogP contribution in [-0.2, 0) is 7.05 Å². The largest absolute Gasteiger partial charge is 0.381 e. The summed E-state index contributed by atoms with van der Waals surface area (Å²) in [5, 5.41) is 8.09. The van der Waals surface area contributed by atoms with Crippen LogP contribution in [0.2, 0.25) is 0 Å². The first-order chi connectivity index (χ1) is 9.25. The van der Waals surface area contributed by atoms with Crippen molar-refractivity contribution in [3.63, 3.8) is 0 Å². The van der Waals surface area contributed by atoms with Gasteiger partial charge in [-0.05, 0) is 17.9 Å². The molecule has 2 aliphatic rings. The number of hydrogen-bond acceptors (Lipinski definition) is 3. The van der Waals surface area contributed by atoms with Crippen LogP contribution in [0.15, 0.2) is 35.1 Å². The predicted octanol–water partition coefficient (Wildman–Crippen LogP) is 1.17. The molecule has 2 atom stereocenters. The van der Waals surface area contributed by atoms with E-state index in [0.29, 0.717) is 6.04 Å². The first kappa shape index (κ1) is 11.1. The van der Waals surface area contributed by atoms with Gasteiger partial charge in [-0.1, -0.05) is 18.2 Å². The second kappa shape index (κ2) is 3.84. The molecule has 0 amide bonds. The minimum absolute atomic E-state index is 0.0464. The Kier molecular flexibility index (Phi) is 2.23. The van der Waals surface area contributed by atoms with Gasteiger partial charge >= 0.3 is 0 Å². The first-order valence-electron chi connectivity index (χ1n) is 6.82. The van der Waals surface area contributed by atoms with Crippen molar-refractivity contribution in [1.82, 2.24) is 9.88 Å². The molecule has 2 unspecified atom stereocenters. The first-order valence-corrected chi connectivity index (χ1v) is 6.82. The van der Waals surface area contributed by atoms with Crippen LogP contribution < -0.4 is 16.2 Å². The van der Waals surface area contributed by atoms with Gasteiger partial charge in [0.15, 0.2) is 0 Å². The summed E-state index contributed by atoms with van der Waals surface area (Å²) in [6.07, 6.45) is 0. The van der Waals surface area contributed by atoms with Gasteiger partial charge < -0.3 is 15.2 Å². The van der Waals surface area contributed by atoms with E-state index in [-0.39, 0.29) is 5.56 Å². The van der Waals surface area contributed by atoms with Crippen molar-refractivity contribution in [2.75, 3.05) is 18.4 Å². The van der Waals surface area contributed by atoms with Crippen molar-refractivity contribution in [2.45, 2.75) is 6.04 Å². The van der Waals surface area contributed by atoms with Gasteiger partial charge in [0.2, 0.25) is 0 Å². The SMILES string of the molecule is Cn1c(=O)cc(NC2C3CNCC32)c2ccccc21. The molecule has 19 heavy (non-hydrogen) atoms. The Morgan fingerprint density at radius 1 is 1.26 bits per heavy atom. The van der Waals surface area contributed by atoms with Crippen LogP contribution in [0.4, 0.5) is 5.69 Å². The maximum Gasteiger partial charge on any atom is 0.252 e. The molecule has 1 aliphatic heterocycles. The molecule has 4 heteroatoms. The van der Waals surface area contributed by atoms with Gasteiger partial charge in [0.25, 0.3) is 5.56 Å². The van der Waals surface area contributed by atoms with Crippen LogP contribution in [0.3, 0.4) is 0 Å². The number of fused-ring (bicyclic) bond motifs is 2. The van der Waals surface area contributed by atoms with E-state index >= 15 is 0 Å². The molecule has 0 spiro atoms. The third kappa shape index (κ3) is 1.60. The van der Waals surface area contributed by atoms with Crippen molar-refractivity contribution >= 4 is 16.6 Å². The highest BCUT2D eigenvalue weighted by Crippen LogP contribution is 2.44. The van der Waals surface area contributed by atoms with Crippen LogP contribution in [0.25, 0.3) is 10.9 Å². The van der Waals surface area contributed by atoms with Gasteiger partial charge in [0.05, 0.1) is 5.52 Å². The van der Waals surface area contributed by atoms with Gasteiger partial charge in [-0.2, -0.15) is 0 Å². The molecule has 1 aromatic carbocycles. The molecule has 98 valence electrons. The third-order valence-electron chi connectivity index (χ3n) is 4.57. The van der Waals surface area contributed by atoms with Gasteiger partial charge in [-0.25, -0.2) is 0 Å². The molecular weight excluding hydrogens is 238 g/mol. The Morgan fingerprint density at radius 2 is 2.00 bits per heavy atom. The molecule has 1 saturated heterocycles. The van der Waals surface area contributed by atoms with E-state index in [9.17, 15) is 4.79 Å². The lowest BCUT2D eigenvalue weighted by Gasteiger charge is -2.13. The average molecular weight is 255 g/mol. The summed E-state index contributed by atoms with van der Waals surface area (Å²) < 4.78 is 1.70. The molecule has 4 rings (SSSR count). The van der Waals surface area contributed by atoms with Crippen LogP contribution >= 0.6 is 0 Å². The number of rotatable bonds is 2. The van der Waals surface area contributed by atoms with Gasteiger partial charge in [0.1, 0.15) is 0 Å². The summed E-state index contributed by atoms with van der Waals surface area (Å²) in [4.78, 5) is 12.0. The second-order valence-electron chi connectivity index (χ2n) is 5.63. The molecular formula is C15H17N3O. The highest BCUT2D eigenvalue weighted by atomic mass is 16.1. The van der Waals surface area contributed by atoms with Crippen molar-refractivity contribution in [2.24, 2.45) is 18.9 Å². The average Bonchev–Trinajstić information content (AvgIpc) is 2.87. The highest BCUT2D eigenvalue weighted by molar-refractivity contribution is 5.91. The molecule has 1 aromatic heterocycles. The van der Waals surface area contributed by atoms with Gasteiger partial charge in [-0.15, -0.1) is 0 Å². The quantitative estimate of drug-likeness (QED) is 0.846. The third-order valence-corrected chi connectivity index (χ3v) is 4.57. The standard InChI is InChI=1S/C15H17N3O/c1-18-13-5-3-2-4-9(13)12(6-14(18)19)17-15-10-7-16-8-11(10)15/h2-6,10-11,15-17H,7-8H2,1H3. The van der Waals surface area contributed by atoms with E-state index in [4.69, 9.17) is 0 Å². The van der Waals surface area contributed by atoms with E-state index in [1.165, 1.54) is 0 Å². The summed E-state index contributed by atoms with van der Waals surface area (Å²) in [6, 6.07) is 10.3. The lowest BCUT2D eigenvalue weighted by Crippen LogP contribution is -2.23. The minimum Gasteiger partial charge on any atom is -0.381 e. The zero-order chi connectivity index (χ0) is 13.0. The number of pyridine rings is 1. The molecule has 1 saturated carbocycles. The van der Waals surface area contributed by atoms with E-state index in [0.717, 1.165) is 41.5 Å². The number of nitrogens with one attached hydrogen (secondary N) is 2. The smallest absolute Gasteiger partial charge is 0.252 e. The predicted molar refractivity (Wildman–Crippen MR) is 76.4 cm³/mol. The number of para-hydroxylation sites is 1. The fourth-order valence-electron chi connectivity index (χ4n) is 3.34. The van der Waals surface area contributed by atoms with Crippen molar-refractivity contribution in [3.05, 3.63) is 40.7 Å². The molecule has 1 aliphatic carbocycles. The Balaban J connectivity index is 1.77. The van der Waals surface area contributed by atoms with E-state index in [1.54, 1.807) is 10.6 Å². The fraction of sp³-hybridized carbons (Fsp3) is 0.400. The summed E-state index contributed by atoms with van der Waals surface area (Å²) in [5.74, 6) is 1.48. The van der Waals surface area contributed by atoms with Crippen LogP contribution in [0, 0.1) is 11.8 Å². The zero-order valence-electron chi connectivity index (χ0n) is 10.9. The summed E-state index contributed by atoms with van der Waals surface area (Å²) in [6.45, 7) is 2.20. The maximum atomic E-state index is 12.0. The lowest BCUT2D eigenvalue weighted by atomic mass is 10.1. The number of nitrogens with zero attached hydrogens (tertiary/aromatic N) is 1. The maximum absolute atomic E-state index is 12.0. The number of aryl methyl sites for hydroxylation is 1. The molecule has 0 radical (unpaired) electrons. The Hall–Kier alpha value is -1.81. The Labute approximate surface area is 111 Å². The number of benzene rings is 1. The molecule has 2 N–H and O–H groups in total. The molecule has 2 fully saturated rings. The van der Waals surface area contributed by atoms with Gasteiger partial charge in [-0.3, -0.25) is 4.79 Å². The fourth-order valence-corrected chi connectivity index (χ4v) is 3.34. The highest BCUT2D eigenvalue weighted by Gasteiger charge is 2.52. The molecule has 2 aromatic rings. The summed E-state index contributed by atoms with van der Waals surface area (Å²) in [7, 11) is 1.82. The number of aromatic nitrogens is 1. The van der Waals surface area contributed by atoms with Crippen molar-refractivity contribution in [1.29, 1.82) is 0 Å². The Bertz CT molecular complexity index is 696. The monoisotopic (exact) mass is 255 g/mol. The number of piperidine rings is 1. The number of anilines is 1. The summed E-state index contributed by atoms with van der Waals surface area (Å²) in [5.41, 5.74) is 2.02. The lowest BCUT2D eigenvalue weighted by molar-refractivity contribution is 0.697. The van der Waals surface area contributed by atoms with Crippen LogP contribution in [0.1, 0.15) is 0 Å². The second-order valence-corrected chi connectivity index (χ2v) is 5.63. The molecule has 2 heterocycles. The summed E-state index contributed by atoms with van der Waals surface area (Å²) >= 11 is 0. The van der Waals surface area contributed by atoms with Crippen LogP contribution in [-0.4, -0.2) is 23.7 Å². The van der Waals surface area contributed by atoms with E-state index in [1.807, 2.05) is 25.2 Å². The van der Waals surface area contributed by atoms with Gasteiger partial charge in [0, 0.05) is 43.3 Å². The minimum atomic E-state index is 0.0464. The molecule has 0 bridgehead atoms. The van der Waals surface area contributed by atoms with Crippen molar-refractivity contribution < 1.29 is 0 Å². The van der Waals surface area contributed by atoms with E-state index < -0.39 is 0 Å². The van der Waals surface area contributed by atoms with E-state index in [2.05, 4.69) is 16.7 Å². The topological polar surface area (TPSA) is 46.1 Å². The van der Waals surface area contributed by atoms with Crippen LogP contribution in [0.5, 0.6) is 0 Å². The number of hydrogen-bond donors (Lipinski definition) is 2. The Morgan fingerprint density at radius 3 is 2.79 bits per heavy atom. The van der Waals surface area contributed by atoms with Crippen molar-refractivity contribution in [3.8, 4) is 0 Å².